The summed E-state index contributed by atoms with van der Waals surface area (Å²) in [6.07, 6.45) is 0. The number of hydrogen-bond acceptors (Lipinski definition) is 2. The van der Waals surface area contributed by atoms with E-state index in [9.17, 15) is 4.79 Å². The zero-order valence-electron chi connectivity index (χ0n) is 9.69. The van der Waals surface area contributed by atoms with Crippen LogP contribution in [0.25, 0.3) is 11.0 Å². The number of fused-ring (bicyclic) bond motifs is 1. The number of carbonyl (C=O) groups is 1. The Balaban J connectivity index is 2.06. The molecule has 0 unspecified atom stereocenters. The van der Waals surface area contributed by atoms with Gasteiger partial charge < -0.3 is 4.42 Å². The lowest BCUT2D eigenvalue weighted by Crippen LogP contribution is -1.98. The predicted octanol–water partition coefficient (Wildman–Crippen LogP) is 4.97. The highest BCUT2D eigenvalue weighted by atomic mass is 35.5. The molecule has 0 bridgehead atoms. The molecule has 0 aliphatic heterocycles. The van der Waals surface area contributed by atoms with Gasteiger partial charge in [-0.15, -0.1) is 0 Å². The average molecular weight is 291 g/mol. The summed E-state index contributed by atoms with van der Waals surface area (Å²) in [5, 5.41) is 1.89. The number of rotatable bonds is 2. The number of hydrogen-bond donors (Lipinski definition) is 0. The summed E-state index contributed by atoms with van der Waals surface area (Å²) in [6, 6.07) is 13.7. The van der Waals surface area contributed by atoms with Crippen molar-refractivity contribution in [3.8, 4) is 0 Å². The first-order valence-corrected chi connectivity index (χ1v) is 6.39. The van der Waals surface area contributed by atoms with E-state index in [-0.39, 0.29) is 11.5 Å². The van der Waals surface area contributed by atoms with E-state index in [0.29, 0.717) is 21.2 Å². The summed E-state index contributed by atoms with van der Waals surface area (Å²) in [7, 11) is 0. The Bertz CT molecular complexity index is 757. The molecule has 0 N–H and O–H groups in total. The van der Waals surface area contributed by atoms with Crippen LogP contribution in [0.5, 0.6) is 0 Å². The molecule has 0 atom stereocenters. The molecule has 0 fully saturated rings. The van der Waals surface area contributed by atoms with Crippen LogP contribution in [0.2, 0.25) is 10.0 Å². The van der Waals surface area contributed by atoms with Crippen molar-refractivity contribution in [2.75, 3.05) is 0 Å². The van der Waals surface area contributed by atoms with Gasteiger partial charge in [-0.2, -0.15) is 0 Å². The minimum atomic E-state index is -0.191. The Kier molecular flexibility index (Phi) is 3.05. The van der Waals surface area contributed by atoms with Crippen molar-refractivity contribution in [1.82, 2.24) is 0 Å². The number of furan rings is 1. The summed E-state index contributed by atoms with van der Waals surface area (Å²) >= 11 is 11.8. The van der Waals surface area contributed by atoms with Crippen molar-refractivity contribution in [2.24, 2.45) is 0 Å². The minimum absolute atomic E-state index is 0.191. The second kappa shape index (κ2) is 4.72. The molecule has 3 rings (SSSR count). The van der Waals surface area contributed by atoms with Crippen molar-refractivity contribution in [3.63, 3.8) is 0 Å². The second-order valence-corrected chi connectivity index (χ2v) is 4.94. The molecule has 0 saturated carbocycles. The molecule has 94 valence electrons. The Morgan fingerprint density at radius 3 is 2.42 bits per heavy atom. The number of ketones is 1. The second-order valence-electron chi connectivity index (χ2n) is 4.10. The molecule has 1 heterocycles. The molecule has 0 radical (unpaired) electrons. The van der Waals surface area contributed by atoms with E-state index in [1.165, 1.54) is 0 Å². The van der Waals surface area contributed by atoms with E-state index in [1.54, 1.807) is 48.5 Å². The van der Waals surface area contributed by atoms with Gasteiger partial charge in [0.15, 0.2) is 5.76 Å². The van der Waals surface area contributed by atoms with E-state index < -0.39 is 0 Å². The van der Waals surface area contributed by atoms with Gasteiger partial charge >= 0.3 is 0 Å². The molecule has 0 saturated heterocycles. The van der Waals surface area contributed by atoms with Crippen molar-refractivity contribution >= 4 is 40.0 Å². The van der Waals surface area contributed by atoms with Gasteiger partial charge in [0.25, 0.3) is 0 Å². The maximum Gasteiger partial charge on any atom is 0.228 e. The molecule has 19 heavy (non-hydrogen) atoms. The first-order valence-electron chi connectivity index (χ1n) is 5.63. The highest BCUT2D eigenvalue weighted by Gasteiger charge is 2.15. The first kappa shape index (κ1) is 12.3. The Hall–Kier alpha value is -1.77. The molecule has 2 nitrogen and oxygen atoms in total. The van der Waals surface area contributed by atoms with Gasteiger partial charge in [0.2, 0.25) is 5.78 Å². The standard InChI is InChI=1S/C15H8Cl2O2/c16-10-6-4-9(5-7-10)15(18)14-8-11-12(17)2-1-3-13(11)19-14/h1-8H. The fourth-order valence-corrected chi connectivity index (χ4v) is 2.23. The summed E-state index contributed by atoms with van der Waals surface area (Å²) in [4.78, 5) is 12.3. The van der Waals surface area contributed by atoms with Crippen LogP contribution < -0.4 is 0 Å². The number of benzene rings is 2. The Morgan fingerprint density at radius 2 is 1.74 bits per heavy atom. The predicted molar refractivity (Wildman–Crippen MR) is 76.1 cm³/mol. The van der Waals surface area contributed by atoms with Crippen LogP contribution in [0, 0.1) is 0 Å². The summed E-state index contributed by atoms with van der Waals surface area (Å²) < 4.78 is 5.53. The van der Waals surface area contributed by atoms with Crippen LogP contribution in [0.1, 0.15) is 16.1 Å². The lowest BCUT2D eigenvalue weighted by Gasteiger charge is -1.97. The lowest BCUT2D eigenvalue weighted by molar-refractivity contribution is 0.101. The molecule has 0 amide bonds. The lowest BCUT2D eigenvalue weighted by atomic mass is 10.1. The van der Waals surface area contributed by atoms with Crippen molar-refractivity contribution in [1.29, 1.82) is 0 Å². The van der Waals surface area contributed by atoms with Crippen molar-refractivity contribution in [2.45, 2.75) is 0 Å². The van der Waals surface area contributed by atoms with Crippen LogP contribution in [-0.4, -0.2) is 5.78 Å². The summed E-state index contributed by atoms with van der Waals surface area (Å²) in [6.45, 7) is 0. The zero-order chi connectivity index (χ0) is 13.4. The molecule has 3 aromatic rings. The third-order valence-corrected chi connectivity index (χ3v) is 3.42. The third kappa shape index (κ3) is 2.25. The van der Waals surface area contributed by atoms with Crippen molar-refractivity contribution < 1.29 is 9.21 Å². The summed E-state index contributed by atoms with van der Waals surface area (Å²) in [5.41, 5.74) is 1.13. The Labute approximate surface area is 119 Å². The third-order valence-electron chi connectivity index (χ3n) is 2.84. The van der Waals surface area contributed by atoms with Crippen LogP contribution in [0.15, 0.2) is 52.9 Å². The quantitative estimate of drug-likeness (QED) is 0.624. The van der Waals surface area contributed by atoms with Gasteiger partial charge in [-0.05, 0) is 42.5 Å². The topological polar surface area (TPSA) is 30.2 Å². The molecule has 2 aromatic carbocycles. The smallest absolute Gasteiger partial charge is 0.228 e. The monoisotopic (exact) mass is 290 g/mol. The van der Waals surface area contributed by atoms with E-state index in [4.69, 9.17) is 27.6 Å². The minimum Gasteiger partial charge on any atom is -0.453 e. The van der Waals surface area contributed by atoms with E-state index in [2.05, 4.69) is 0 Å². The van der Waals surface area contributed by atoms with Crippen LogP contribution >= 0.6 is 23.2 Å². The normalized spacial score (nSPS) is 10.8. The van der Waals surface area contributed by atoms with E-state index in [1.807, 2.05) is 0 Å². The maximum atomic E-state index is 12.3. The highest BCUT2D eigenvalue weighted by Crippen LogP contribution is 2.27. The van der Waals surface area contributed by atoms with Crippen LogP contribution in [0.3, 0.4) is 0 Å². The van der Waals surface area contributed by atoms with Gasteiger partial charge in [0.1, 0.15) is 5.58 Å². The molecular formula is C15H8Cl2O2. The molecule has 0 spiro atoms. The fourth-order valence-electron chi connectivity index (χ4n) is 1.88. The first-order chi connectivity index (χ1) is 9.15. The van der Waals surface area contributed by atoms with Crippen molar-refractivity contribution in [3.05, 3.63) is 69.9 Å². The van der Waals surface area contributed by atoms with Crippen LogP contribution in [-0.2, 0) is 0 Å². The highest BCUT2D eigenvalue weighted by molar-refractivity contribution is 6.35. The summed E-state index contributed by atoms with van der Waals surface area (Å²) in [5.74, 6) is 0.0781. The van der Waals surface area contributed by atoms with Crippen LogP contribution in [0.4, 0.5) is 0 Å². The molecular weight excluding hydrogens is 283 g/mol. The van der Waals surface area contributed by atoms with Gasteiger partial charge in [0, 0.05) is 16.0 Å². The number of carbonyl (C=O) groups excluding carboxylic acids is 1. The molecule has 0 aliphatic carbocycles. The van der Waals surface area contributed by atoms with E-state index in [0.717, 1.165) is 5.39 Å². The van der Waals surface area contributed by atoms with Gasteiger partial charge in [-0.1, -0.05) is 29.3 Å². The average Bonchev–Trinajstić information content (AvgIpc) is 2.84. The van der Waals surface area contributed by atoms with Gasteiger partial charge in [0.05, 0.1) is 5.02 Å². The maximum absolute atomic E-state index is 12.3. The van der Waals surface area contributed by atoms with E-state index >= 15 is 0 Å². The molecule has 1 aromatic heterocycles. The fraction of sp³-hybridized carbons (Fsp3) is 0. The van der Waals surface area contributed by atoms with Gasteiger partial charge in [-0.25, -0.2) is 0 Å². The SMILES string of the molecule is O=C(c1ccc(Cl)cc1)c1cc2c(Cl)cccc2o1. The largest absolute Gasteiger partial charge is 0.453 e. The molecule has 4 heteroatoms. The number of halogens is 2. The van der Waals surface area contributed by atoms with Gasteiger partial charge in [-0.3, -0.25) is 4.79 Å². The zero-order valence-corrected chi connectivity index (χ0v) is 11.2. The molecule has 0 aliphatic rings. The Morgan fingerprint density at radius 1 is 1.00 bits per heavy atom.